The normalized spacial score (nSPS) is 14.0. The minimum atomic E-state index is -5.75. The topological polar surface area (TPSA) is 12.4 Å². The Hall–Kier alpha value is -1.17. The highest BCUT2D eigenvalue weighted by atomic mass is 35.5. The molecule has 0 aliphatic heterocycles. The molecule has 7 heteroatoms. The molecule has 0 fully saturated rings. The molecule has 0 saturated carbocycles. The van der Waals surface area contributed by atoms with E-state index >= 15 is 0 Å². The van der Waals surface area contributed by atoms with E-state index < -0.39 is 17.3 Å². The van der Waals surface area contributed by atoms with E-state index in [4.69, 9.17) is 11.6 Å². The molecule has 0 N–H and O–H groups in total. The summed E-state index contributed by atoms with van der Waals surface area (Å²) >= 11 is 4.87. The summed E-state index contributed by atoms with van der Waals surface area (Å²) < 4.78 is 60.9. The van der Waals surface area contributed by atoms with Gasteiger partial charge in [-0.1, -0.05) is 29.8 Å². The van der Waals surface area contributed by atoms with Crippen LogP contribution < -0.4 is 0 Å². The Labute approximate surface area is 92.6 Å². The molecule has 0 aliphatic rings. The summed E-state index contributed by atoms with van der Waals surface area (Å²) in [6, 6.07) is 6.96. The van der Waals surface area contributed by atoms with Crippen molar-refractivity contribution in [3.63, 3.8) is 0 Å². The first kappa shape index (κ1) is 12.9. The first-order valence-electron chi connectivity index (χ1n) is 3.99. The van der Waals surface area contributed by atoms with E-state index in [2.05, 4.69) is 4.99 Å². The van der Waals surface area contributed by atoms with Gasteiger partial charge in [0.2, 0.25) is 0 Å². The molecule has 88 valence electrons. The second kappa shape index (κ2) is 4.37. The minimum absolute atomic E-state index is 0.0728. The van der Waals surface area contributed by atoms with Crippen molar-refractivity contribution in [1.82, 2.24) is 0 Å². The highest BCUT2D eigenvalue weighted by Crippen LogP contribution is 2.38. The molecule has 0 bridgehead atoms. The highest BCUT2D eigenvalue weighted by molar-refractivity contribution is 6.67. The molecule has 16 heavy (non-hydrogen) atoms. The summed E-state index contributed by atoms with van der Waals surface area (Å²) in [5.74, 6) is -5.13. The Morgan fingerprint density at radius 2 is 1.50 bits per heavy atom. The predicted molar refractivity (Wildman–Crippen MR) is 50.4 cm³/mol. The van der Waals surface area contributed by atoms with Gasteiger partial charge in [0, 0.05) is 0 Å². The molecule has 0 heterocycles. The van der Waals surface area contributed by atoms with Crippen molar-refractivity contribution in [3.05, 3.63) is 30.3 Å². The fourth-order valence-corrected chi connectivity index (χ4v) is 1.01. The summed E-state index contributed by atoms with van der Waals surface area (Å²) in [5.41, 5.74) is -0.0728. The predicted octanol–water partition coefficient (Wildman–Crippen LogP) is 4.15. The molecule has 0 radical (unpaired) electrons. The molecule has 1 rings (SSSR count). The van der Waals surface area contributed by atoms with E-state index in [0.717, 1.165) is 0 Å². The molecule has 0 spiro atoms. The van der Waals surface area contributed by atoms with Crippen molar-refractivity contribution >= 4 is 22.5 Å². The van der Waals surface area contributed by atoms with Crippen molar-refractivity contribution in [1.29, 1.82) is 0 Å². The molecule has 0 aromatic heterocycles. The van der Waals surface area contributed by atoms with Crippen LogP contribution in [-0.4, -0.2) is 17.3 Å². The Morgan fingerprint density at radius 1 is 1.00 bits per heavy atom. The first-order chi connectivity index (χ1) is 7.25. The average molecular weight is 258 g/mol. The number of hydrogen-bond donors (Lipinski definition) is 0. The van der Waals surface area contributed by atoms with Crippen molar-refractivity contribution in [3.8, 4) is 0 Å². The third-order valence-corrected chi connectivity index (χ3v) is 1.92. The molecule has 0 atom stereocenters. The zero-order chi connectivity index (χ0) is 12.4. The monoisotopic (exact) mass is 257 g/mol. The number of alkyl halides is 5. The molecular formula is C9H5ClF5N. The minimum Gasteiger partial charge on any atom is -0.235 e. The quantitative estimate of drug-likeness (QED) is 0.557. The van der Waals surface area contributed by atoms with Crippen LogP contribution in [-0.2, 0) is 0 Å². The Kier molecular flexibility index (Phi) is 3.52. The SMILES string of the molecule is FC(F)(F)C(F)(F)C(Cl)=Nc1ccccc1. The van der Waals surface area contributed by atoms with Gasteiger partial charge in [0.25, 0.3) is 0 Å². The van der Waals surface area contributed by atoms with Gasteiger partial charge in [-0.2, -0.15) is 22.0 Å². The maximum Gasteiger partial charge on any atom is 0.460 e. The standard InChI is InChI=1S/C9H5ClF5N/c10-7(8(11,12)9(13,14)15)16-6-4-2-1-3-5-6/h1-5H. The molecule has 1 aromatic rings. The van der Waals surface area contributed by atoms with Gasteiger partial charge in [-0.05, 0) is 12.1 Å². The van der Waals surface area contributed by atoms with Crippen LogP contribution in [0.15, 0.2) is 35.3 Å². The molecule has 0 amide bonds. The van der Waals surface area contributed by atoms with E-state index in [9.17, 15) is 22.0 Å². The van der Waals surface area contributed by atoms with Gasteiger partial charge in [-0.3, -0.25) is 0 Å². The lowest BCUT2D eigenvalue weighted by Gasteiger charge is -2.17. The average Bonchev–Trinajstić information content (AvgIpc) is 2.17. The van der Waals surface area contributed by atoms with E-state index in [1.54, 1.807) is 6.07 Å². The third kappa shape index (κ3) is 2.69. The molecule has 1 nitrogen and oxygen atoms in total. The van der Waals surface area contributed by atoms with Crippen LogP contribution in [0.25, 0.3) is 0 Å². The van der Waals surface area contributed by atoms with Crippen LogP contribution in [0.5, 0.6) is 0 Å². The van der Waals surface area contributed by atoms with Gasteiger partial charge in [0.1, 0.15) is 0 Å². The zero-order valence-corrected chi connectivity index (χ0v) is 8.36. The Balaban J connectivity index is 3.03. The fourth-order valence-electron chi connectivity index (χ4n) is 0.803. The Morgan fingerprint density at radius 3 is 1.94 bits per heavy atom. The van der Waals surface area contributed by atoms with Gasteiger partial charge in [0.05, 0.1) is 5.69 Å². The van der Waals surface area contributed by atoms with Gasteiger partial charge in [0.15, 0.2) is 5.17 Å². The summed E-state index contributed by atoms with van der Waals surface area (Å²) in [7, 11) is 0. The van der Waals surface area contributed by atoms with Crippen molar-refractivity contribution in [2.45, 2.75) is 12.1 Å². The number of para-hydroxylation sites is 1. The molecule has 0 saturated heterocycles. The number of nitrogens with zero attached hydrogens (tertiary/aromatic N) is 1. The van der Waals surface area contributed by atoms with Gasteiger partial charge < -0.3 is 0 Å². The van der Waals surface area contributed by atoms with E-state index in [0.29, 0.717) is 0 Å². The van der Waals surface area contributed by atoms with Crippen molar-refractivity contribution in [2.24, 2.45) is 4.99 Å². The smallest absolute Gasteiger partial charge is 0.235 e. The van der Waals surface area contributed by atoms with Crippen LogP contribution in [0.4, 0.5) is 27.6 Å². The van der Waals surface area contributed by atoms with E-state index in [1.807, 2.05) is 0 Å². The van der Waals surface area contributed by atoms with Crippen LogP contribution in [0.3, 0.4) is 0 Å². The number of halogens is 6. The highest BCUT2D eigenvalue weighted by Gasteiger charge is 2.61. The second-order valence-electron chi connectivity index (χ2n) is 2.81. The first-order valence-corrected chi connectivity index (χ1v) is 4.37. The van der Waals surface area contributed by atoms with Crippen molar-refractivity contribution < 1.29 is 22.0 Å². The summed E-state index contributed by atoms with van der Waals surface area (Å²) in [4.78, 5) is 3.01. The van der Waals surface area contributed by atoms with Crippen LogP contribution in [0, 0.1) is 0 Å². The third-order valence-electron chi connectivity index (χ3n) is 1.60. The summed E-state index contributed by atoms with van der Waals surface area (Å²) in [6.07, 6.45) is -5.75. The fraction of sp³-hybridized carbons (Fsp3) is 0.222. The van der Waals surface area contributed by atoms with E-state index in [-0.39, 0.29) is 5.69 Å². The molecule has 0 aliphatic carbocycles. The lowest BCUT2D eigenvalue weighted by atomic mass is 10.3. The molecule has 0 unspecified atom stereocenters. The maximum atomic E-state index is 12.6. The van der Waals surface area contributed by atoms with Gasteiger partial charge in [-0.15, -0.1) is 0 Å². The lowest BCUT2D eigenvalue weighted by molar-refractivity contribution is -0.248. The van der Waals surface area contributed by atoms with Gasteiger partial charge in [-0.25, -0.2) is 4.99 Å². The molecular weight excluding hydrogens is 253 g/mol. The summed E-state index contributed by atoms with van der Waals surface area (Å²) in [5, 5.41) is -1.80. The van der Waals surface area contributed by atoms with Crippen molar-refractivity contribution in [2.75, 3.05) is 0 Å². The number of benzene rings is 1. The Bertz CT molecular complexity index is 385. The summed E-state index contributed by atoms with van der Waals surface area (Å²) in [6.45, 7) is 0. The van der Waals surface area contributed by atoms with E-state index in [1.165, 1.54) is 24.3 Å². The van der Waals surface area contributed by atoms with Gasteiger partial charge >= 0.3 is 12.1 Å². The number of hydrogen-bond acceptors (Lipinski definition) is 1. The second-order valence-corrected chi connectivity index (χ2v) is 3.17. The largest absolute Gasteiger partial charge is 0.460 e. The molecule has 1 aromatic carbocycles. The number of rotatable bonds is 2. The number of aliphatic imine (C=N–C) groups is 1. The van der Waals surface area contributed by atoms with Crippen LogP contribution in [0.1, 0.15) is 0 Å². The van der Waals surface area contributed by atoms with Crippen LogP contribution in [0.2, 0.25) is 0 Å². The lowest BCUT2D eigenvalue weighted by Crippen LogP contribution is -2.41. The maximum absolute atomic E-state index is 12.6. The van der Waals surface area contributed by atoms with Crippen LogP contribution >= 0.6 is 11.6 Å². The zero-order valence-electron chi connectivity index (χ0n) is 7.60.